The Morgan fingerprint density at radius 2 is 2.08 bits per heavy atom. The van der Waals surface area contributed by atoms with Gasteiger partial charge in [-0.1, -0.05) is 6.92 Å². The summed E-state index contributed by atoms with van der Waals surface area (Å²) in [5.74, 6) is -0.233. The van der Waals surface area contributed by atoms with Crippen molar-refractivity contribution in [2.24, 2.45) is 5.92 Å². The van der Waals surface area contributed by atoms with E-state index in [0.29, 0.717) is 13.2 Å². The zero-order chi connectivity index (χ0) is 10.3. The van der Waals surface area contributed by atoms with Crippen molar-refractivity contribution < 1.29 is 14.6 Å². The Morgan fingerprint density at radius 3 is 2.54 bits per heavy atom. The first-order valence-corrected chi connectivity index (χ1v) is 4.58. The summed E-state index contributed by atoms with van der Waals surface area (Å²) in [6.07, 6.45) is 0.146. The van der Waals surface area contributed by atoms with Gasteiger partial charge in [-0.15, -0.1) is 0 Å². The zero-order valence-electron chi connectivity index (χ0n) is 8.54. The van der Waals surface area contributed by atoms with E-state index in [4.69, 9.17) is 9.84 Å². The predicted molar refractivity (Wildman–Crippen MR) is 50.3 cm³/mol. The van der Waals surface area contributed by atoms with E-state index in [1.807, 2.05) is 13.8 Å². The molecule has 13 heavy (non-hydrogen) atoms. The van der Waals surface area contributed by atoms with Gasteiger partial charge in [0, 0.05) is 6.54 Å². The maximum absolute atomic E-state index is 11.2. The van der Waals surface area contributed by atoms with Gasteiger partial charge in [-0.25, -0.2) is 0 Å². The van der Waals surface area contributed by atoms with E-state index in [1.165, 1.54) is 0 Å². The summed E-state index contributed by atoms with van der Waals surface area (Å²) in [6.45, 7) is 6.37. The Labute approximate surface area is 79.3 Å². The number of rotatable bonds is 6. The molecule has 0 aliphatic heterocycles. The number of ether oxygens (including phenoxy) is 1. The number of carbonyl (C=O) groups is 1. The van der Waals surface area contributed by atoms with Gasteiger partial charge in [0.25, 0.3) is 0 Å². The highest BCUT2D eigenvalue weighted by Crippen LogP contribution is 1.98. The zero-order valence-corrected chi connectivity index (χ0v) is 8.54. The summed E-state index contributed by atoms with van der Waals surface area (Å²) in [7, 11) is 0. The summed E-state index contributed by atoms with van der Waals surface area (Å²) >= 11 is 0. The maximum atomic E-state index is 11.2. The molecule has 0 aromatic heterocycles. The third-order valence-corrected chi connectivity index (χ3v) is 1.54. The minimum atomic E-state index is -0.158. The maximum Gasteiger partial charge on any atom is 0.225 e. The number of amides is 1. The minimum Gasteiger partial charge on any atom is -0.395 e. The molecule has 1 unspecified atom stereocenters. The lowest BCUT2D eigenvalue weighted by molar-refractivity contribution is -0.127. The van der Waals surface area contributed by atoms with E-state index in [-0.39, 0.29) is 24.5 Å². The van der Waals surface area contributed by atoms with Crippen LogP contribution in [0.4, 0.5) is 0 Å². The predicted octanol–water partition coefficient (Wildman–Crippen LogP) is 0.156. The average Bonchev–Trinajstić information content (AvgIpc) is 2.10. The highest BCUT2D eigenvalue weighted by atomic mass is 16.5. The van der Waals surface area contributed by atoms with Gasteiger partial charge in [-0.05, 0) is 13.8 Å². The molecule has 0 spiro atoms. The second-order valence-corrected chi connectivity index (χ2v) is 3.30. The summed E-state index contributed by atoms with van der Waals surface area (Å²) in [5, 5.41) is 11.1. The van der Waals surface area contributed by atoms with Crippen molar-refractivity contribution in [2.75, 3.05) is 19.8 Å². The third-order valence-electron chi connectivity index (χ3n) is 1.54. The summed E-state index contributed by atoms with van der Waals surface area (Å²) in [6, 6.07) is 0. The van der Waals surface area contributed by atoms with E-state index >= 15 is 0 Å². The third kappa shape index (κ3) is 6.54. The van der Waals surface area contributed by atoms with Gasteiger partial charge < -0.3 is 15.2 Å². The van der Waals surface area contributed by atoms with Gasteiger partial charge in [-0.3, -0.25) is 4.79 Å². The molecule has 0 aromatic carbocycles. The van der Waals surface area contributed by atoms with Gasteiger partial charge in [0.15, 0.2) is 0 Å². The molecule has 0 saturated carbocycles. The number of hydrogen-bond acceptors (Lipinski definition) is 3. The number of carbonyl (C=O) groups excluding carboxylic acids is 1. The topological polar surface area (TPSA) is 58.6 Å². The molecule has 1 amide bonds. The fourth-order valence-electron chi connectivity index (χ4n) is 0.766. The molecule has 1 atom stereocenters. The second-order valence-electron chi connectivity index (χ2n) is 3.30. The summed E-state index contributed by atoms with van der Waals surface area (Å²) in [4.78, 5) is 11.2. The van der Waals surface area contributed by atoms with Crippen LogP contribution in [-0.2, 0) is 9.53 Å². The lowest BCUT2D eigenvalue weighted by Gasteiger charge is -2.13. The molecular formula is C9H19NO3. The van der Waals surface area contributed by atoms with Crippen molar-refractivity contribution in [1.82, 2.24) is 5.32 Å². The Balaban J connectivity index is 3.57. The smallest absolute Gasteiger partial charge is 0.225 e. The van der Waals surface area contributed by atoms with Crippen LogP contribution in [0.3, 0.4) is 0 Å². The van der Waals surface area contributed by atoms with Crippen molar-refractivity contribution >= 4 is 5.91 Å². The summed E-state index contributed by atoms with van der Waals surface area (Å²) in [5.41, 5.74) is 0. The van der Waals surface area contributed by atoms with Crippen LogP contribution >= 0.6 is 0 Å². The number of aliphatic hydroxyl groups excluding tert-OH is 1. The first-order valence-electron chi connectivity index (χ1n) is 4.58. The van der Waals surface area contributed by atoms with Crippen molar-refractivity contribution in [3.05, 3.63) is 0 Å². The fourth-order valence-corrected chi connectivity index (χ4v) is 0.766. The molecule has 0 saturated heterocycles. The highest BCUT2D eigenvalue weighted by molar-refractivity contribution is 5.78. The molecule has 0 rings (SSSR count). The Bertz CT molecular complexity index is 148. The molecule has 0 radical (unpaired) electrons. The van der Waals surface area contributed by atoms with Crippen LogP contribution in [0.25, 0.3) is 0 Å². The molecule has 0 bridgehead atoms. The van der Waals surface area contributed by atoms with Gasteiger partial charge in [-0.2, -0.15) is 0 Å². The molecule has 0 aliphatic carbocycles. The van der Waals surface area contributed by atoms with Crippen LogP contribution in [0.2, 0.25) is 0 Å². The van der Waals surface area contributed by atoms with Crippen LogP contribution in [0.15, 0.2) is 0 Å². The van der Waals surface area contributed by atoms with Gasteiger partial charge in [0.1, 0.15) is 0 Å². The van der Waals surface area contributed by atoms with Gasteiger partial charge in [0.05, 0.1) is 25.2 Å². The van der Waals surface area contributed by atoms with Gasteiger partial charge in [0.2, 0.25) is 5.91 Å². The molecule has 4 heteroatoms. The number of aliphatic hydroxyl groups is 1. The molecular weight excluding hydrogens is 170 g/mol. The monoisotopic (exact) mass is 189 g/mol. The number of nitrogens with one attached hydrogen (secondary N) is 1. The van der Waals surface area contributed by atoms with Gasteiger partial charge >= 0.3 is 0 Å². The minimum absolute atomic E-state index is 0.0243. The van der Waals surface area contributed by atoms with Crippen molar-refractivity contribution in [1.29, 1.82) is 0 Å². The van der Waals surface area contributed by atoms with Crippen LogP contribution in [0, 0.1) is 5.92 Å². The van der Waals surface area contributed by atoms with E-state index < -0.39 is 0 Å². The first-order chi connectivity index (χ1) is 6.07. The molecule has 0 fully saturated rings. The van der Waals surface area contributed by atoms with Crippen LogP contribution in [0.5, 0.6) is 0 Å². The van der Waals surface area contributed by atoms with E-state index in [0.717, 1.165) is 0 Å². The Kier molecular flexibility index (Phi) is 6.54. The van der Waals surface area contributed by atoms with Crippen molar-refractivity contribution in [3.8, 4) is 0 Å². The van der Waals surface area contributed by atoms with Crippen LogP contribution in [0.1, 0.15) is 20.8 Å². The van der Waals surface area contributed by atoms with Crippen LogP contribution < -0.4 is 5.32 Å². The molecule has 0 heterocycles. The standard InChI is InChI=1S/C9H19NO3/c1-7(2)13-6-8(3)9(12)10-4-5-11/h7-8,11H,4-6H2,1-3H3,(H,10,12). The van der Waals surface area contributed by atoms with Crippen LogP contribution in [-0.4, -0.2) is 36.9 Å². The Morgan fingerprint density at radius 1 is 1.46 bits per heavy atom. The van der Waals surface area contributed by atoms with E-state index in [9.17, 15) is 4.79 Å². The molecule has 0 aromatic rings. The Hall–Kier alpha value is -0.610. The lowest BCUT2D eigenvalue weighted by atomic mass is 10.2. The first kappa shape index (κ1) is 12.4. The van der Waals surface area contributed by atoms with Crippen molar-refractivity contribution in [2.45, 2.75) is 26.9 Å². The second kappa shape index (κ2) is 6.86. The molecule has 4 nitrogen and oxygen atoms in total. The molecule has 0 aliphatic rings. The largest absolute Gasteiger partial charge is 0.395 e. The fraction of sp³-hybridized carbons (Fsp3) is 0.889. The average molecular weight is 189 g/mol. The lowest BCUT2D eigenvalue weighted by Crippen LogP contribution is -2.33. The van der Waals surface area contributed by atoms with Crippen molar-refractivity contribution in [3.63, 3.8) is 0 Å². The highest BCUT2D eigenvalue weighted by Gasteiger charge is 2.12. The van der Waals surface area contributed by atoms with E-state index in [2.05, 4.69) is 5.32 Å². The normalized spacial score (nSPS) is 13.0. The summed E-state index contributed by atoms with van der Waals surface area (Å²) < 4.78 is 5.28. The quantitative estimate of drug-likeness (QED) is 0.625. The van der Waals surface area contributed by atoms with E-state index in [1.54, 1.807) is 6.92 Å². The molecule has 78 valence electrons. The SMILES string of the molecule is CC(C)OCC(C)C(=O)NCCO. The number of hydrogen-bond donors (Lipinski definition) is 2. The molecule has 2 N–H and O–H groups in total.